The van der Waals surface area contributed by atoms with E-state index in [0.717, 1.165) is 23.9 Å². The quantitative estimate of drug-likeness (QED) is 0.450. The highest BCUT2D eigenvalue weighted by Crippen LogP contribution is 2.20. The summed E-state index contributed by atoms with van der Waals surface area (Å²) in [6, 6.07) is 1.89. The lowest BCUT2D eigenvalue weighted by Gasteiger charge is -2.27. The summed E-state index contributed by atoms with van der Waals surface area (Å²) in [5.41, 5.74) is 0. The molecule has 1 saturated heterocycles. The lowest BCUT2D eigenvalue weighted by molar-refractivity contribution is -0.137. The molecule has 98 valence electrons. The number of thioether (sulfide) groups is 1. The van der Waals surface area contributed by atoms with E-state index in [4.69, 9.17) is 4.74 Å². The van der Waals surface area contributed by atoms with E-state index < -0.39 is 0 Å². The number of methoxy groups -OCH3 is 1. The number of aromatic nitrogens is 2. The van der Waals surface area contributed by atoms with Gasteiger partial charge in [0.05, 0.1) is 26.1 Å². The second kappa shape index (κ2) is 6.55. The number of ether oxygens (including phenoxy) is 2. The fraction of sp³-hybridized carbons (Fsp3) is 0.545. The van der Waals surface area contributed by atoms with Crippen LogP contribution in [0, 0.1) is 0 Å². The molecular formula is C11H15N3O3S. The van der Waals surface area contributed by atoms with Crippen LogP contribution < -0.4 is 4.90 Å². The fourth-order valence-corrected chi connectivity index (χ4v) is 2.26. The maximum atomic E-state index is 11.1. The van der Waals surface area contributed by atoms with E-state index in [9.17, 15) is 4.79 Å². The molecule has 0 radical (unpaired) electrons. The Morgan fingerprint density at radius 3 is 3.00 bits per heavy atom. The van der Waals surface area contributed by atoms with E-state index in [1.807, 2.05) is 6.07 Å². The Bertz CT molecular complexity index is 410. The van der Waals surface area contributed by atoms with Crippen LogP contribution in [0.2, 0.25) is 0 Å². The number of morpholine rings is 1. The zero-order valence-electron chi connectivity index (χ0n) is 10.2. The van der Waals surface area contributed by atoms with Crippen molar-refractivity contribution in [1.29, 1.82) is 0 Å². The molecule has 2 rings (SSSR count). The predicted octanol–water partition coefficient (Wildman–Crippen LogP) is 0.578. The highest BCUT2D eigenvalue weighted by Gasteiger charge is 2.13. The van der Waals surface area contributed by atoms with Crippen LogP contribution in [0.4, 0.5) is 5.82 Å². The molecule has 0 atom stereocenters. The second-order valence-corrected chi connectivity index (χ2v) is 4.67. The standard InChI is InChI=1S/C11H15N3O3S/c1-16-11(15)7-18-10-6-9(12-8-13-10)14-2-4-17-5-3-14/h6,8H,2-5,7H2,1H3. The van der Waals surface area contributed by atoms with E-state index >= 15 is 0 Å². The van der Waals surface area contributed by atoms with Crippen LogP contribution in [0.5, 0.6) is 0 Å². The van der Waals surface area contributed by atoms with Gasteiger partial charge in [-0.2, -0.15) is 0 Å². The lowest BCUT2D eigenvalue weighted by atomic mass is 10.4. The topological polar surface area (TPSA) is 64.5 Å². The summed E-state index contributed by atoms with van der Waals surface area (Å²) in [5.74, 6) is 0.878. The number of carbonyl (C=O) groups is 1. The Labute approximate surface area is 110 Å². The molecule has 0 spiro atoms. The van der Waals surface area contributed by atoms with Gasteiger partial charge >= 0.3 is 5.97 Å². The van der Waals surface area contributed by atoms with E-state index in [0.29, 0.717) is 13.2 Å². The van der Waals surface area contributed by atoms with Crippen molar-refractivity contribution in [2.45, 2.75) is 5.03 Å². The SMILES string of the molecule is COC(=O)CSc1cc(N2CCOCC2)ncn1. The van der Waals surface area contributed by atoms with E-state index in [1.165, 1.54) is 25.2 Å². The summed E-state index contributed by atoms with van der Waals surface area (Å²) in [4.78, 5) is 21.6. The minimum absolute atomic E-state index is 0.258. The lowest BCUT2D eigenvalue weighted by Crippen LogP contribution is -2.36. The van der Waals surface area contributed by atoms with Crippen molar-refractivity contribution >= 4 is 23.5 Å². The zero-order valence-corrected chi connectivity index (χ0v) is 11.0. The molecule has 0 aromatic carbocycles. The van der Waals surface area contributed by atoms with Gasteiger partial charge in [-0.15, -0.1) is 0 Å². The van der Waals surface area contributed by atoms with E-state index in [1.54, 1.807) is 0 Å². The molecule has 1 aromatic rings. The Morgan fingerprint density at radius 1 is 1.50 bits per heavy atom. The first-order valence-electron chi connectivity index (χ1n) is 5.64. The van der Waals surface area contributed by atoms with Crippen molar-refractivity contribution < 1.29 is 14.3 Å². The van der Waals surface area contributed by atoms with Gasteiger partial charge in [-0.05, 0) is 0 Å². The summed E-state index contributed by atoms with van der Waals surface area (Å²) >= 11 is 1.35. The van der Waals surface area contributed by atoms with Gasteiger partial charge in [-0.3, -0.25) is 4.79 Å². The number of esters is 1. The summed E-state index contributed by atoms with van der Waals surface area (Å²) in [5, 5.41) is 0.775. The Balaban J connectivity index is 1.98. The molecule has 1 aromatic heterocycles. The predicted molar refractivity (Wildman–Crippen MR) is 67.8 cm³/mol. The number of nitrogens with zero attached hydrogens (tertiary/aromatic N) is 3. The fourth-order valence-electron chi connectivity index (χ4n) is 1.57. The average Bonchev–Trinajstić information content (AvgIpc) is 2.46. The summed E-state index contributed by atoms with van der Waals surface area (Å²) in [7, 11) is 1.38. The molecule has 2 heterocycles. The van der Waals surface area contributed by atoms with E-state index in [2.05, 4.69) is 19.6 Å². The number of anilines is 1. The molecule has 7 heteroatoms. The number of hydrogen-bond acceptors (Lipinski definition) is 7. The van der Waals surface area contributed by atoms with Gasteiger partial charge in [0.15, 0.2) is 0 Å². The molecule has 1 fully saturated rings. The Morgan fingerprint density at radius 2 is 2.28 bits per heavy atom. The van der Waals surface area contributed by atoms with Crippen LogP contribution in [0.25, 0.3) is 0 Å². The van der Waals surface area contributed by atoms with Crippen LogP contribution in [0.3, 0.4) is 0 Å². The molecule has 0 bridgehead atoms. The van der Waals surface area contributed by atoms with Crippen molar-refractivity contribution in [3.05, 3.63) is 12.4 Å². The number of hydrogen-bond donors (Lipinski definition) is 0. The maximum Gasteiger partial charge on any atom is 0.316 e. The third kappa shape index (κ3) is 3.58. The van der Waals surface area contributed by atoms with Gasteiger partial charge in [-0.1, -0.05) is 11.8 Å². The first kappa shape index (κ1) is 13.1. The van der Waals surface area contributed by atoms with Crippen LogP contribution in [0.15, 0.2) is 17.4 Å². The first-order valence-corrected chi connectivity index (χ1v) is 6.62. The van der Waals surface area contributed by atoms with Gasteiger partial charge in [0.2, 0.25) is 0 Å². The molecule has 18 heavy (non-hydrogen) atoms. The molecule has 1 aliphatic heterocycles. The van der Waals surface area contributed by atoms with Gasteiger partial charge in [0.1, 0.15) is 17.2 Å². The highest BCUT2D eigenvalue weighted by molar-refractivity contribution is 7.99. The van der Waals surface area contributed by atoms with E-state index in [-0.39, 0.29) is 11.7 Å². The van der Waals surface area contributed by atoms with Crippen LogP contribution in [-0.4, -0.2) is 55.1 Å². The van der Waals surface area contributed by atoms with Crippen molar-refractivity contribution in [2.24, 2.45) is 0 Å². The Kier molecular flexibility index (Phi) is 4.77. The third-order valence-corrected chi connectivity index (χ3v) is 3.43. The molecule has 1 aliphatic rings. The third-order valence-electron chi connectivity index (χ3n) is 2.53. The summed E-state index contributed by atoms with van der Waals surface area (Å²) < 4.78 is 9.88. The largest absolute Gasteiger partial charge is 0.468 e. The molecule has 0 N–H and O–H groups in total. The minimum atomic E-state index is -0.258. The van der Waals surface area contributed by atoms with Crippen molar-refractivity contribution in [1.82, 2.24) is 9.97 Å². The molecular weight excluding hydrogens is 254 g/mol. The van der Waals surface area contributed by atoms with Crippen molar-refractivity contribution in [3.8, 4) is 0 Å². The zero-order chi connectivity index (χ0) is 12.8. The molecule has 6 nitrogen and oxygen atoms in total. The summed E-state index contributed by atoms with van der Waals surface area (Å²) in [6.07, 6.45) is 1.52. The smallest absolute Gasteiger partial charge is 0.316 e. The number of carbonyl (C=O) groups excluding carboxylic acids is 1. The van der Waals surface area contributed by atoms with Gasteiger partial charge in [0, 0.05) is 19.2 Å². The molecule has 0 amide bonds. The van der Waals surface area contributed by atoms with Crippen LogP contribution >= 0.6 is 11.8 Å². The van der Waals surface area contributed by atoms with Crippen LogP contribution in [0.1, 0.15) is 0 Å². The first-order chi connectivity index (χ1) is 8.79. The van der Waals surface area contributed by atoms with Gasteiger partial charge in [-0.25, -0.2) is 9.97 Å². The highest BCUT2D eigenvalue weighted by atomic mass is 32.2. The molecule has 0 saturated carbocycles. The average molecular weight is 269 g/mol. The second-order valence-electron chi connectivity index (χ2n) is 3.68. The molecule has 0 unspecified atom stereocenters. The Hall–Kier alpha value is -1.34. The van der Waals surface area contributed by atoms with Gasteiger partial charge in [0.25, 0.3) is 0 Å². The normalized spacial score (nSPS) is 15.5. The maximum absolute atomic E-state index is 11.1. The monoisotopic (exact) mass is 269 g/mol. The van der Waals surface area contributed by atoms with Gasteiger partial charge < -0.3 is 14.4 Å². The molecule has 0 aliphatic carbocycles. The van der Waals surface area contributed by atoms with Crippen LogP contribution in [-0.2, 0) is 14.3 Å². The van der Waals surface area contributed by atoms with Crippen molar-refractivity contribution in [2.75, 3.05) is 44.1 Å². The van der Waals surface area contributed by atoms with Crippen molar-refractivity contribution in [3.63, 3.8) is 0 Å². The number of rotatable bonds is 4. The summed E-state index contributed by atoms with van der Waals surface area (Å²) in [6.45, 7) is 3.10. The minimum Gasteiger partial charge on any atom is -0.468 e.